The van der Waals surface area contributed by atoms with Crippen LogP contribution in [0.25, 0.3) is 0 Å². The molecular formula is C14H21NO2. The van der Waals surface area contributed by atoms with Crippen LogP contribution in [0.2, 0.25) is 0 Å². The highest BCUT2D eigenvalue weighted by molar-refractivity contribution is 5.25. The Kier molecular flexibility index (Phi) is 4.15. The third-order valence-corrected chi connectivity index (χ3v) is 3.18. The lowest BCUT2D eigenvalue weighted by Gasteiger charge is -2.29. The summed E-state index contributed by atoms with van der Waals surface area (Å²) < 4.78 is 11.4. The lowest BCUT2D eigenvalue weighted by atomic mass is 10.0. The standard InChI is InChI=1S/C14H21NO2/c1-10(2)11-4-6-12(7-5-11)14-16-8-13(15-3)9-17-14/h4-7,10,13-15H,8-9H2,1-3H3. The first-order valence-corrected chi connectivity index (χ1v) is 6.21. The molecule has 1 fully saturated rings. The van der Waals surface area contributed by atoms with Gasteiger partial charge in [0.25, 0.3) is 0 Å². The van der Waals surface area contributed by atoms with E-state index >= 15 is 0 Å². The van der Waals surface area contributed by atoms with E-state index in [-0.39, 0.29) is 6.29 Å². The van der Waals surface area contributed by atoms with Gasteiger partial charge < -0.3 is 14.8 Å². The minimum absolute atomic E-state index is 0.208. The van der Waals surface area contributed by atoms with Crippen molar-refractivity contribution in [2.75, 3.05) is 20.3 Å². The predicted molar refractivity (Wildman–Crippen MR) is 68.0 cm³/mol. The molecule has 3 heteroatoms. The molecule has 17 heavy (non-hydrogen) atoms. The number of rotatable bonds is 3. The highest BCUT2D eigenvalue weighted by atomic mass is 16.7. The van der Waals surface area contributed by atoms with E-state index in [2.05, 4.69) is 43.4 Å². The fourth-order valence-electron chi connectivity index (χ4n) is 1.90. The minimum Gasteiger partial charge on any atom is -0.347 e. The lowest BCUT2D eigenvalue weighted by molar-refractivity contribution is -0.193. The zero-order valence-corrected chi connectivity index (χ0v) is 10.8. The van der Waals surface area contributed by atoms with E-state index in [1.54, 1.807) is 0 Å². The van der Waals surface area contributed by atoms with Gasteiger partial charge in [0.1, 0.15) is 0 Å². The maximum absolute atomic E-state index is 5.68. The first-order chi connectivity index (χ1) is 8.20. The maximum Gasteiger partial charge on any atom is 0.183 e. The van der Waals surface area contributed by atoms with Gasteiger partial charge in [-0.15, -0.1) is 0 Å². The largest absolute Gasteiger partial charge is 0.347 e. The van der Waals surface area contributed by atoms with Crippen LogP contribution in [-0.2, 0) is 9.47 Å². The molecule has 2 rings (SSSR count). The van der Waals surface area contributed by atoms with Gasteiger partial charge in [-0.2, -0.15) is 0 Å². The van der Waals surface area contributed by atoms with Crippen LogP contribution in [-0.4, -0.2) is 26.3 Å². The molecule has 0 radical (unpaired) electrons. The zero-order valence-electron chi connectivity index (χ0n) is 10.8. The van der Waals surface area contributed by atoms with Crippen LogP contribution in [0.1, 0.15) is 37.2 Å². The molecule has 0 aliphatic carbocycles. The van der Waals surface area contributed by atoms with E-state index in [4.69, 9.17) is 9.47 Å². The molecule has 1 aromatic carbocycles. The van der Waals surface area contributed by atoms with Gasteiger partial charge in [0.05, 0.1) is 19.3 Å². The van der Waals surface area contributed by atoms with Crippen LogP contribution in [0.15, 0.2) is 24.3 Å². The lowest BCUT2D eigenvalue weighted by Crippen LogP contribution is -2.40. The van der Waals surface area contributed by atoms with Crippen LogP contribution in [0.3, 0.4) is 0 Å². The molecule has 0 spiro atoms. The van der Waals surface area contributed by atoms with Crippen molar-refractivity contribution >= 4 is 0 Å². The molecule has 0 bridgehead atoms. The normalized spacial score (nSPS) is 25.2. The van der Waals surface area contributed by atoms with Crippen LogP contribution < -0.4 is 5.32 Å². The van der Waals surface area contributed by atoms with Crippen LogP contribution in [0.4, 0.5) is 0 Å². The van der Waals surface area contributed by atoms with Gasteiger partial charge in [-0.1, -0.05) is 38.1 Å². The average molecular weight is 235 g/mol. The Bertz CT molecular complexity index is 340. The summed E-state index contributed by atoms with van der Waals surface area (Å²) in [5.41, 5.74) is 2.45. The molecule has 1 heterocycles. The van der Waals surface area contributed by atoms with Gasteiger partial charge in [-0.3, -0.25) is 0 Å². The van der Waals surface area contributed by atoms with Crippen molar-refractivity contribution in [3.8, 4) is 0 Å². The summed E-state index contributed by atoms with van der Waals surface area (Å²) in [5, 5.41) is 3.15. The zero-order chi connectivity index (χ0) is 12.3. The van der Waals surface area contributed by atoms with Crippen molar-refractivity contribution in [1.29, 1.82) is 0 Å². The van der Waals surface area contributed by atoms with E-state index in [1.165, 1.54) is 5.56 Å². The van der Waals surface area contributed by atoms with E-state index < -0.39 is 0 Å². The smallest absolute Gasteiger partial charge is 0.183 e. The molecule has 0 aromatic heterocycles. The molecule has 1 saturated heterocycles. The number of hydrogen-bond donors (Lipinski definition) is 1. The average Bonchev–Trinajstić information content (AvgIpc) is 2.39. The second-order valence-electron chi connectivity index (χ2n) is 4.81. The second-order valence-corrected chi connectivity index (χ2v) is 4.81. The summed E-state index contributed by atoms with van der Waals surface area (Å²) in [6, 6.07) is 8.80. The molecule has 0 amide bonds. The molecule has 1 aromatic rings. The van der Waals surface area contributed by atoms with Gasteiger partial charge in [0.15, 0.2) is 6.29 Å². The van der Waals surface area contributed by atoms with Gasteiger partial charge in [-0.05, 0) is 18.5 Å². The molecule has 3 nitrogen and oxygen atoms in total. The summed E-state index contributed by atoms with van der Waals surface area (Å²) in [5.74, 6) is 0.561. The fourth-order valence-corrected chi connectivity index (χ4v) is 1.90. The van der Waals surface area contributed by atoms with Crippen molar-refractivity contribution in [2.45, 2.75) is 32.1 Å². The highest BCUT2D eigenvalue weighted by Crippen LogP contribution is 2.24. The monoisotopic (exact) mass is 235 g/mol. The van der Waals surface area contributed by atoms with Gasteiger partial charge >= 0.3 is 0 Å². The van der Waals surface area contributed by atoms with Crippen molar-refractivity contribution in [3.05, 3.63) is 35.4 Å². The van der Waals surface area contributed by atoms with Crippen LogP contribution in [0.5, 0.6) is 0 Å². The Morgan fingerprint density at radius 1 is 1.12 bits per heavy atom. The Morgan fingerprint density at radius 3 is 2.18 bits per heavy atom. The number of hydrogen-bond acceptors (Lipinski definition) is 3. The minimum atomic E-state index is -0.208. The van der Waals surface area contributed by atoms with E-state index in [0.29, 0.717) is 25.2 Å². The first kappa shape index (κ1) is 12.6. The molecule has 94 valence electrons. The van der Waals surface area contributed by atoms with Gasteiger partial charge in [0, 0.05) is 5.56 Å². The second kappa shape index (κ2) is 5.63. The molecule has 1 aliphatic heterocycles. The molecule has 0 atom stereocenters. The predicted octanol–water partition coefficient (Wildman–Crippen LogP) is 2.44. The number of ether oxygens (including phenoxy) is 2. The fraction of sp³-hybridized carbons (Fsp3) is 0.571. The Balaban J connectivity index is 1.99. The van der Waals surface area contributed by atoms with Crippen molar-refractivity contribution in [2.24, 2.45) is 0 Å². The number of benzene rings is 1. The molecule has 0 saturated carbocycles. The number of likely N-dealkylation sites (N-methyl/N-ethyl adjacent to an activating group) is 1. The van der Waals surface area contributed by atoms with Crippen LogP contribution in [0, 0.1) is 0 Å². The molecule has 1 aliphatic rings. The summed E-state index contributed by atoms with van der Waals surface area (Å²) in [6.07, 6.45) is -0.208. The summed E-state index contributed by atoms with van der Waals surface area (Å²) in [6.45, 7) is 5.79. The Hall–Kier alpha value is -0.900. The van der Waals surface area contributed by atoms with E-state index in [1.807, 2.05) is 7.05 Å². The Labute approximate surface area is 103 Å². The van der Waals surface area contributed by atoms with Gasteiger partial charge in [-0.25, -0.2) is 0 Å². The molecular weight excluding hydrogens is 214 g/mol. The third-order valence-electron chi connectivity index (χ3n) is 3.18. The van der Waals surface area contributed by atoms with E-state index in [9.17, 15) is 0 Å². The Morgan fingerprint density at radius 2 is 1.71 bits per heavy atom. The summed E-state index contributed by atoms with van der Waals surface area (Å²) >= 11 is 0. The van der Waals surface area contributed by atoms with Crippen molar-refractivity contribution in [1.82, 2.24) is 5.32 Å². The SMILES string of the molecule is CNC1COC(c2ccc(C(C)C)cc2)OC1. The van der Waals surface area contributed by atoms with Crippen molar-refractivity contribution in [3.63, 3.8) is 0 Å². The third kappa shape index (κ3) is 3.06. The first-order valence-electron chi connectivity index (χ1n) is 6.21. The topological polar surface area (TPSA) is 30.5 Å². The maximum atomic E-state index is 5.68. The van der Waals surface area contributed by atoms with Crippen LogP contribution >= 0.6 is 0 Å². The number of nitrogens with one attached hydrogen (secondary N) is 1. The summed E-state index contributed by atoms with van der Waals surface area (Å²) in [7, 11) is 1.93. The van der Waals surface area contributed by atoms with E-state index in [0.717, 1.165) is 5.56 Å². The molecule has 0 unspecified atom stereocenters. The van der Waals surface area contributed by atoms with Crippen molar-refractivity contribution < 1.29 is 9.47 Å². The summed E-state index contributed by atoms with van der Waals surface area (Å²) in [4.78, 5) is 0. The van der Waals surface area contributed by atoms with Gasteiger partial charge in [0.2, 0.25) is 0 Å². The molecule has 1 N–H and O–H groups in total. The quantitative estimate of drug-likeness (QED) is 0.873. The highest BCUT2D eigenvalue weighted by Gasteiger charge is 2.22.